The molecular formula is C25H22ClFN3O3+. The minimum Gasteiger partial charge on any atom is -0.494 e. The summed E-state index contributed by atoms with van der Waals surface area (Å²) in [6.45, 7) is 2.48. The molecule has 3 aromatic rings. The first-order valence-corrected chi connectivity index (χ1v) is 10.8. The summed E-state index contributed by atoms with van der Waals surface area (Å²) in [6.07, 6.45) is 1.79. The molecule has 1 saturated heterocycles. The van der Waals surface area contributed by atoms with Gasteiger partial charge in [0.1, 0.15) is 11.6 Å². The van der Waals surface area contributed by atoms with Gasteiger partial charge in [-0.25, -0.2) is 4.39 Å². The van der Waals surface area contributed by atoms with Gasteiger partial charge in [-0.15, -0.1) is 10.1 Å². The highest BCUT2D eigenvalue weighted by molar-refractivity contribution is 6.30. The lowest BCUT2D eigenvalue weighted by Crippen LogP contribution is -2.42. The van der Waals surface area contributed by atoms with Crippen molar-refractivity contribution in [2.45, 2.75) is 19.0 Å². The second-order valence-electron chi connectivity index (χ2n) is 7.47. The van der Waals surface area contributed by atoms with E-state index in [1.807, 2.05) is 43.3 Å². The number of halogens is 2. The summed E-state index contributed by atoms with van der Waals surface area (Å²) >= 11 is 6.05. The third-order valence-corrected chi connectivity index (χ3v) is 5.47. The maximum atomic E-state index is 13.2. The summed E-state index contributed by atoms with van der Waals surface area (Å²) in [5.41, 5.74) is 4.70. The van der Waals surface area contributed by atoms with Gasteiger partial charge in [0.05, 0.1) is 6.61 Å². The Kier molecular flexibility index (Phi) is 6.70. The van der Waals surface area contributed by atoms with Crippen LogP contribution < -0.4 is 15.5 Å². The molecule has 0 saturated carbocycles. The second kappa shape index (κ2) is 9.83. The Balaban J connectivity index is 1.66. The molecule has 0 radical (unpaired) electrons. The van der Waals surface area contributed by atoms with Crippen LogP contribution in [0.4, 0.5) is 4.39 Å². The van der Waals surface area contributed by atoms with E-state index in [2.05, 4.69) is 10.7 Å². The van der Waals surface area contributed by atoms with E-state index in [1.54, 1.807) is 23.0 Å². The molecule has 0 aliphatic carbocycles. The molecular weight excluding hydrogens is 445 g/mol. The first-order valence-electron chi connectivity index (χ1n) is 10.4. The number of ether oxygens (including phenoxy) is 1. The van der Waals surface area contributed by atoms with Crippen molar-refractivity contribution in [2.24, 2.45) is 0 Å². The summed E-state index contributed by atoms with van der Waals surface area (Å²) in [6, 6.07) is 18.2. The number of carbonyl (C=O) groups excluding carboxylic acids is 2. The van der Waals surface area contributed by atoms with Gasteiger partial charge in [0.15, 0.2) is 6.04 Å². The van der Waals surface area contributed by atoms with Crippen LogP contribution in [-0.2, 0) is 4.79 Å². The normalized spacial score (nSPS) is 18.8. The summed E-state index contributed by atoms with van der Waals surface area (Å²) in [7, 11) is 0. The Morgan fingerprint density at radius 3 is 2.39 bits per heavy atom. The Labute approximate surface area is 195 Å². The number of carbonyl (C=O) groups is 2. The molecule has 0 aromatic heterocycles. The molecule has 1 aliphatic rings. The summed E-state index contributed by atoms with van der Waals surface area (Å²) in [5, 5.41) is 3.34. The third kappa shape index (κ3) is 5.21. The number of hydrazone groups is 1. The molecule has 1 aliphatic heterocycles. The Morgan fingerprint density at radius 2 is 1.76 bits per heavy atom. The summed E-state index contributed by atoms with van der Waals surface area (Å²) in [5.74, 6) is -0.538. The largest absolute Gasteiger partial charge is 0.494 e. The Bertz CT molecular complexity index is 1180. The molecule has 2 amide bonds. The van der Waals surface area contributed by atoms with Gasteiger partial charge in [0.25, 0.3) is 5.91 Å². The van der Waals surface area contributed by atoms with Gasteiger partial charge in [-0.1, -0.05) is 23.7 Å². The van der Waals surface area contributed by atoms with E-state index in [9.17, 15) is 14.0 Å². The SMILES string of the molecule is CCOc1ccc(/C=[N+]2\NC(=O)[C@H](NC(=O)c3ccc(F)cc3)[C@H]2c2ccc(Cl)cc2)cc1. The number of rotatable bonds is 6. The summed E-state index contributed by atoms with van der Waals surface area (Å²) in [4.78, 5) is 25.7. The quantitative estimate of drug-likeness (QED) is 0.541. The molecule has 0 bridgehead atoms. The predicted octanol–water partition coefficient (Wildman–Crippen LogP) is 3.89. The highest BCUT2D eigenvalue weighted by Gasteiger charge is 2.47. The van der Waals surface area contributed by atoms with Gasteiger partial charge < -0.3 is 10.1 Å². The van der Waals surface area contributed by atoms with Crippen LogP contribution in [0.25, 0.3) is 0 Å². The van der Waals surface area contributed by atoms with Crippen molar-refractivity contribution < 1.29 is 23.4 Å². The molecule has 2 atom stereocenters. The van der Waals surface area contributed by atoms with Crippen LogP contribution >= 0.6 is 11.6 Å². The van der Waals surface area contributed by atoms with E-state index in [4.69, 9.17) is 16.3 Å². The van der Waals surface area contributed by atoms with Gasteiger partial charge in [-0.3, -0.25) is 9.59 Å². The average molecular weight is 467 g/mol. The lowest BCUT2D eigenvalue weighted by molar-refractivity contribution is -0.596. The molecule has 1 fully saturated rings. The molecule has 0 spiro atoms. The van der Waals surface area contributed by atoms with Crippen molar-refractivity contribution in [3.8, 4) is 5.75 Å². The van der Waals surface area contributed by atoms with Crippen LogP contribution in [-0.4, -0.2) is 35.4 Å². The van der Waals surface area contributed by atoms with E-state index in [-0.39, 0.29) is 11.5 Å². The van der Waals surface area contributed by atoms with E-state index >= 15 is 0 Å². The number of nitrogens with one attached hydrogen (secondary N) is 2. The van der Waals surface area contributed by atoms with Crippen molar-refractivity contribution >= 4 is 29.6 Å². The van der Waals surface area contributed by atoms with E-state index in [0.717, 1.165) is 16.9 Å². The standard InChI is InChI=1S/C25H21ClFN3O3/c1-2-33-21-13-3-16(4-14-21)15-30-23(17-5-9-19(26)10-6-17)22(25(32)29-30)28-24(31)18-7-11-20(27)12-8-18/h3-15,22-23H,2H2,1H3,(H-,28,29,31,32)/p+1/b30-15-/t22-,23-/m1/s1. The predicted molar refractivity (Wildman–Crippen MR) is 123 cm³/mol. The molecule has 0 unspecified atom stereocenters. The number of hydrazine groups is 1. The fourth-order valence-electron chi connectivity index (χ4n) is 3.64. The zero-order valence-electron chi connectivity index (χ0n) is 17.8. The highest BCUT2D eigenvalue weighted by atomic mass is 35.5. The van der Waals surface area contributed by atoms with Crippen molar-refractivity contribution in [2.75, 3.05) is 6.61 Å². The molecule has 168 valence electrons. The third-order valence-electron chi connectivity index (χ3n) is 5.22. The van der Waals surface area contributed by atoms with Gasteiger partial charge in [0, 0.05) is 21.7 Å². The van der Waals surface area contributed by atoms with Crippen LogP contribution in [0.2, 0.25) is 5.02 Å². The molecule has 3 aromatic carbocycles. The second-order valence-corrected chi connectivity index (χ2v) is 7.91. The van der Waals surface area contributed by atoms with Crippen LogP contribution in [0.5, 0.6) is 5.75 Å². The van der Waals surface area contributed by atoms with Gasteiger partial charge in [-0.2, -0.15) is 0 Å². The highest BCUT2D eigenvalue weighted by Crippen LogP contribution is 2.27. The van der Waals surface area contributed by atoms with E-state index in [1.165, 1.54) is 24.3 Å². The average Bonchev–Trinajstić information content (AvgIpc) is 3.10. The topological polar surface area (TPSA) is 70.4 Å². The molecule has 8 heteroatoms. The smallest absolute Gasteiger partial charge is 0.304 e. The van der Waals surface area contributed by atoms with Gasteiger partial charge in [-0.05, 0) is 67.6 Å². The van der Waals surface area contributed by atoms with Crippen LogP contribution in [0.15, 0.2) is 72.8 Å². The van der Waals surface area contributed by atoms with Gasteiger partial charge in [0.2, 0.25) is 12.3 Å². The minimum absolute atomic E-state index is 0.257. The van der Waals surface area contributed by atoms with Gasteiger partial charge >= 0.3 is 5.91 Å². The lowest BCUT2D eigenvalue weighted by Gasteiger charge is -2.15. The number of nitrogens with zero attached hydrogens (tertiary/aromatic N) is 1. The Morgan fingerprint density at radius 1 is 1.09 bits per heavy atom. The number of amides is 2. The molecule has 33 heavy (non-hydrogen) atoms. The fraction of sp³-hybridized carbons (Fsp3) is 0.160. The first-order chi connectivity index (χ1) is 15.9. The van der Waals surface area contributed by atoms with Crippen molar-refractivity contribution in [1.82, 2.24) is 10.7 Å². The van der Waals surface area contributed by atoms with Crippen LogP contribution in [0.3, 0.4) is 0 Å². The lowest BCUT2D eigenvalue weighted by atomic mass is 9.99. The first kappa shape index (κ1) is 22.5. The molecule has 2 N–H and O–H groups in total. The number of benzene rings is 3. The summed E-state index contributed by atoms with van der Waals surface area (Å²) < 4.78 is 20.4. The zero-order valence-corrected chi connectivity index (χ0v) is 18.6. The molecule has 1 heterocycles. The minimum atomic E-state index is -0.886. The van der Waals surface area contributed by atoms with Crippen molar-refractivity contribution in [1.29, 1.82) is 0 Å². The van der Waals surface area contributed by atoms with Crippen molar-refractivity contribution in [3.05, 3.63) is 100 Å². The maximum Gasteiger partial charge on any atom is 0.304 e. The van der Waals surface area contributed by atoms with Crippen LogP contribution in [0, 0.1) is 5.82 Å². The van der Waals surface area contributed by atoms with Crippen LogP contribution in [0.1, 0.15) is 34.5 Å². The van der Waals surface area contributed by atoms with E-state index < -0.39 is 23.8 Å². The zero-order chi connectivity index (χ0) is 23.4. The Hall–Kier alpha value is -3.71. The van der Waals surface area contributed by atoms with Crippen molar-refractivity contribution in [3.63, 3.8) is 0 Å². The van der Waals surface area contributed by atoms with E-state index in [0.29, 0.717) is 11.6 Å². The molecule has 6 nitrogen and oxygen atoms in total. The monoisotopic (exact) mass is 466 g/mol. The maximum absolute atomic E-state index is 13.2. The number of hydrogen-bond acceptors (Lipinski definition) is 3. The molecule has 4 rings (SSSR count). The fourth-order valence-corrected chi connectivity index (χ4v) is 3.77. The number of hydrogen-bond donors (Lipinski definition) is 2.